The summed E-state index contributed by atoms with van der Waals surface area (Å²) in [7, 11) is 0. The van der Waals surface area contributed by atoms with E-state index in [0.29, 0.717) is 31.1 Å². The minimum atomic E-state index is -0.626. The predicted octanol–water partition coefficient (Wildman–Crippen LogP) is 4.02. The van der Waals surface area contributed by atoms with E-state index in [0.717, 1.165) is 10.4 Å². The summed E-state index contributed by atoms with van der Waals surface area (Å²) < 4.78 is 0. The summed E-state index contributed by atoms with van der Waals surface area (Å²) in [4.78, 5) is 55.3. The Kier molecular flexibility index (Phi) is 8.19. The highest BCUT2D eigenvalue weighted by Crippen LogP contribution is 2.26. The Morgan fingerprint density at radius 1 is 0.818 bits per heavy atom. The maximum atomic E-state index is 13.1. The minimum absolute atomic E-state index is 0.0213. The van der Waals surface area contributed by atoms with Gasteiger partial charge in [-0.25, -0.2) is 0 Å². The van der Waals surface area contributed by atoms with Crippen LogP contribution in [0.5, 0.6) is 0 Å². The van der Waals surface area contributed by atoms with Gasteiger partial charge in [0.05, 0.1) is 10.3 Å². The average molecular weight is 469 g/mol. The summed E-state index contributed by atoms with van der Waals surface area (Å²) >= 11 is 1.44. The Balaban J connectivity index is 1.40. The number of carbonyl (C=O) groups is 4. The number of nitrogens with zero attached hydrogens (tertiary/aromatic N) is 2. The Morgan fingerprint density at radius 3 is 2.03 bits per heavy atom. The van der Waals surface area contributed by atoms with Gasteiger partial charge in [0.1, 0.15) is 5.78 Å². The van der Waals surface area contributed by atoms with Gasteiger partial charge < -0.3 is 9.80 Å². The van der Waals surface area contributed by atoms with E-state index in [4.69, 9.17) is 0 Å². The fourth-order valence-corrected chi connectivity index (χ4v) is 4.86. The highest BCUT2D eigenvalue weighted by atomic mass is 32.1. The first-order valence-corrected chi connectivity index (χ1v) is 12.2. The van der Waals surface area contributed by atoms with Crippen molar-refractivity contribution in [3.05, 3.63) is 57.8 Å². The normalized spacial score (nSPS) is 14.3. The molecule has 0 bridgehead atoms. The maximum absolute atomic E-state index is 13.1. The van der Waals surface area contributed by atoms with Crippen LogP contribution in [0.2, 0.25) is 0 Å². The summed E-state index contributed by atoms with van der Waals surface area (Å²) in [5.74, 6) is -0.102. The van der Waals surface area contributed by atoms with E-state index < -0.39 is 5.41 Å². The second kappa shape index (κ2) is 10.9. The molecule has 33 heavy (non-hydrogen) atoms. The van der Waals surface area contributed by atoms with Gasteiger partial charge >= 0.3 is 0 Å². The Labute approximate surface area is 199 Å². The van der Waals surface area contributed by atoms with Crippen molar-refractivity contribution in [1.82, 2.24) is 9.80 Å². The monoisotopic (exact) mass is 468 g/mol. The second-order valence-electron chi connectivity index (χ2n) is 9.04. The number of benzene rings is 1. The van der Waals surface area contributed by atoms with Crippen molar-refractivity contribution in [2.24, 2.45) is 0 Å². The second-order valence-corrected chi connectivity index (χ2v) is 10.3. The molecule has 6 nitrogen and oxygen atoms in total. The summed E-state index contributed by atoms with van der Waals surface area (Å²) in [5, 5.41) is 0. The molecule has 1 aliphatic rings. The zero-order chi connectivity index (χ0) is 24.0. The number of thiophene rings is 1. The van der Waals surface area contributed by atoms with Crippen LogP contribution in [-0.4, -0.2) is 59.4 Å². The van der Waals surface area contributed by atoms with E-state index in [1.54, 1.807) is 11.0 Å². The molecule has 2 heterocycles. The van der Waals surface area contributed by atoms with Crippen LogP contribution >= 0.6 is 11.3 Å². The summed E-state index contributed by atoms with van der Waals surface area (Å²) in [5.41, 5.74) is 0.346. The molecule has 0 atom stereocenters. The van der Waals surface area contributed by atoms with Gasteiger partial charge in [-0.3, -0.25) is 19.2 Å². The fraction of sp³-hybridized carbons (Fsp3) is 0.462. The van der Waals surface area contributed by atoms with E-state index in [-0.39, 0.29) is 49.1 Å². The molecule has 0 unspecified atom stereocenters. The van der Waals surface area contributed by atoms with E-state index in [2.05, 4.69) is 0 Å². The van der Waals surface area contributed by atoms with Crippen molar-refractivity contribution in [1.29, 1.82) is 0 Å². The number of carbonyl (C=O) groups excluding carboxylic acids is 4. The van der Waals surface area contributed by atoms with Gasteiger partial charge in [0, 0.05) is 56.7 Å². The molecule has 0 spiro atoms. The molecule has 3 rings (SSSR count). The third kappa shape index (κ3) is 6.38. The van der Waals surface area contributed by atoms with Gasteiger partial charge in [0.2, 0.25) is 11.8 Å². The SMILES string of the molecule is Cc1ccc(C(=O)CCC(=O)CCC(=O)N2CCN(C(=O)C(C)(C)c3ccccc3)CC2)s1. The largest absolute Gasteiger partial charge is 0.339 e. The molecule has 1 saturated heterocycles. The molecular weight excluding hydrogens is 436 g/mol. The van der Waals surface area contributed by atoms with Crippen molar-refractivity contribution in [3.8, 4) is 0 Å². The molecule has 2 amide bonds. The maximum Gasteiger partial charge on any atom is 0.232 e. The minimum Gasteiger partial charge on any atom is -0.339 e. The molecule has 1 aromatic heterocycles. The number of ketones is 2. The van der Waals surface area contributed by atoms with E-state index in [1.165, 1.54) is 11.3 Å². The van der Waals surface area contributed by atoms with Crippen LogP contribution in [0.3, 0.4) is 0 Å². The van der Waals surface area contributed by atoms with Crippen LogP contribution in [0.15, 0.2) is 42.5 Å². The lowest BCUT2D eigenvalue weighted by molar-refractivity contribution is -0.142. The van der Waals surface area contributed by atoms with Crippen LogP contribution in [0, 0.1) is 6.92 Å². The lowest BCUT2D eigenvalue weighted by Gasteiger charge is -2.38. The van der Waals surface area contributed by atoms with Crippen LogP contribution < -0.4 is 0 Å². The summed E-state index contributed by atoms with van der Waals surface area (Å²) in [6.45, 7) is 7.72. The first-order chi connectivity index (χ1) is 15.7. The van der Waals surface area contributed by atoms with Gasteiger partial charge in [-0.2, -0.15) is 0 Å². The average Bonchev–Trinajstić information content (AvgIpc) is 3.27. The van der Waals surface area contributed by atoms with Crippen molar-refractivity contribution in [2.45, 2.75) is 51.9 Å². The van der Waals surface area contributed by atoms with Gasteiger partial charge in [-0.05, 0) is 38.5 Å². The van der Waals surface area contributed by atoms with Gasteiger partial charge in [-0.1, -0.05) is 30.3 Å². The zero-order valence-corrected chi connectivity index (χ0v) is 20.5. The Hall–Kier alpha value is -2.80. The molecule has 1 aliphatic heterocycles. The molecule has 0 radical (unpaired) electrons. The lowest BCUT2D eigenvalue weighted by atomic mass is 9.83. The third-order valence-electron chi connectivity index (χ3n) is 6.21. The van der Waals surface area contributed by atoms with Crippen LogP contribution in [0.1, 0.15) is 59.6 Å². The van der Waals surface area contributed by atoms with Crippen molar-refractivity contribution >= 4 is 34.7 Å². The molecule has 0 saturated carbocycles. The summed E-state index contributed by atoms with van der Waals surface area (Å²) in [6.07, 6.45) is 0.648. The molecular formula is C26H32N2O4S. The molecule has 0 aliphatic carbocycles. The van der Waals surface area contributed by atoms with E-state index >= 15 is 0 Å². The molecule has 2 aromatic rings. The molecule has 7 heteroatoms. The van der Waals surface area contributed by atoms with E-state index in [9.17, 15) is 19.2 Å². The van der Waals surface area contributed by atoms with Crippen molar-refractivity contribution < 1.29 is 19.2 Å². The van der Waals surface area contributed by atoms with Crippen molar-refractivity contribution in [2.75, 3.05) is 26.2 Å². The predicted molar refractivity (Wildman–Crippen MR) is 129 cm³/mol. The van der Waals surface area contributed by atoms with Crippen molar-refractivity contribution in [3.63, 3.8) is 0 Å². The number of hydrogen-bond acceptors (Lipinski definition) is 5. The number of rotatable bonds is 9. The quantitative estimate of drug-likeness (QED) is 0.521. The number of piperazine rings is 1. The molecule has 1 fully saturated rings. The van der Waals surface area contributed by atoms with Gasteiger partial charge in [0.25, 0.3) is 0 Å². The third-order valence-corrected chi connectivity index (χ3v) is 7.26. The molecule has 176 valence electrons. The van der Waals surface area contributed by atoms with E-state index in [1.807, 2.05) is 62.1 Å². The highest BCUT2D eigenvalue weighted by Gasteiger charge is 2.35. The number of hydrogen-bond donors (Lipinski definition) is 0. The molecule has 1 aromatic carbocycles. The fourth-order valence-electron chi connectivity index (χ4n) is 4.02. The van der Waals surface area contributed by atoms with Gasteiger partial charge in [0.15, 0.2) is 5.78 Å². The zero-order valence-electron chi connectivity index (χ0n) is 19.6. The first-order valence-electron chi connectivity index (χ1n) is 11.4. The first kappa shape index (κ1) is 24.8. The lowest BCUT2D eigenvalue weighted by Crippen LogP contribution is -2.54. The number of amides is 2. The standard InChI is InChI=1S/C26H32N2O4S/c1-19-9-13-23(33-19)22(30)12-10-21(29)11-14-24(31)27-15-17-28(18-16-27)25(32)26(2,3)20-7-5-4-6-8-20/h4-9,13H,10-12,14-18H2,1-3H3. The van der Waals surface area contributed by atoms with Crippen LogP contribution in [-0.2, 0) is 19.8 Å². The number of aryl methyl sites for hydroxylation is 1. The highest BCUT2D eigenvalue weighted by molar-refractivity contribution is 7.14. The van der Waals surface area contributed by atoms with Crippen LogP contribution in [0.4, 0.5) is 0 Å². The Bertz CT molecular complexity index is 1000. The van der Waals surface area contributed by atoms with Crippen LogP contribution in [0.25, 0.3) is 0 Å². The van der Waals surface area contributed by atoms with Gasteiger partial charge in [-0.15, -0.1) is 11.3 Å². The molecule has 0 N–H and O–H groups in total. The Morgan fingerprint density at radius 2 is 1.42 bits per heavy atom. The smallest absolute Gasteiger partial charge is 0.232 e. The topological polar surface area (TPSA) is 74.8 Å². The number of Topliss-reactive ketones (excluding diaryl/α,β-unsaturated/α-hetero) is 2. The summed E-state index contributed by atoms with van der Waals surface area (Å²) in [6, 6.07) is 13.4.